The lowest BCUT2D eigenvalue weighted by atomic mass is 10.2. The van der Waals surface area contributed by atoms with E-state index >= 15 is 0 Å². The molecule has 0 saturated carbocycles. The summed E-state index contributed by atoms with van der Waals surface area (Å²) in [5, 5.41) is 0. The van der Waals surface area contributed by atoms with Crippen molar-refractivity contribution in [1.82, 2.24) is 9.97 Å². The molecule has 0 unspecified atom stereocenters. The number of nitrogens with zero attached hydrogens (tertiary/aromatic N) is 2. The molecule has 0 aliphatic heterocycles. The maximum absolute atomic E-state index is 10.9. The molecule has 1 aromatic heterocycles. The number of hydrogen-bond acceptors (Lipinski definition) is 5. The van der Waals surface area contributed by atoms with Gasteiger partial charge in [0.15, 0.2) is 18.4 Å². The third kappa shape index (κ3) is 1.81. The van der Waals surface area contributed by atoms with Gasteiger partial charge < -0.3 is 0 Å². The van der Waals surface area contributed by atoms with Crippen molar-refractivity contribution >= 4 is 18.4 Å². The van der Waals surface area contributed by atoms with E-state index in [1.807, 2.05) is 0 Å². The third-order valence-electron chi connectivity index (χ3n) is 1.39. The van der Waals surface area contributed by atoms with Gasteiger partial charge in [0, 0.05) is 6.92 Å². The second-order valence-electron chi connectivity index (χ2n) is 2.32. The third-order valence-corrected chi connectivity index (χ3v) is 1.39. The van der Waals surface area contributed by atoms with Gasteiger partial charge in [-0.15, -0.1) is 0 Å². The van der Waals surface area contributed by atoms with Gasteiger partial charge in [-0.3, -0.25) is 14.4 Å². The summed E-state index contributed by atoms with van der Waals surface area (Å²) >= 11 is 0. The van der Waals surface area contributed by atoms with Crippen LogP contribution in [0.3, 0.4) is 0 Å². The van der Waals surface area contributed by atoms with Gasteiger partial charge in [0.25, 0.3) is 0 Å². The van der Waals surface area contributed by atoms with Crippen LogP contribution in [0, 0.1) is 0 Å². The SMILES string of the molecule is CC(=O)c1nc(C=O)cnc1C=O. The maximum Gasteiger partial charge on any atom is 0.180 e. The zero-order valence-corrected chi connectivity index (χ0v) is 6.85. The minimum Gasteiger partial charge on any atom is -0.296 e. The standard InChI is InChI=1S/C8H6N2O3/c1-5(13)8-7(4-12)9-2-6(3-11)10-8/h2-4H,1H3. The summed E-state index contributed by atoms with van der Waals surface area (Å²) in [4.78, 5) is 38.8. The molecule has 5 heteroatoms. The second kappa shape index (κ2) is 3.66. The van der Waals surface area contributed by atoms with Gasteiger partial charge in [-0.05, 0) is 0 Å². The van der Waals surface area contributed by atoms with E-state index < -0.39 is 5.78 Å². The van der Waals surface area contributed by atoms with Crippen LogP contribution in [0.1, 0.15) is 38.4 Å². The quantitative estimate of drug-likeness (QED) is 0.491. The Morgan fingerprint density at radius 2 is 2.08 bits per heavy atom. The molecule has 1 rings (SSSR count). The molecule has 0 radical (unpaired) electrons. The molecule has 0 aromatic carbocycles. The second-order valence-corrected chi connectivity index (χ2v) is 2.32. The van der Waals surface area contributed by atoms with Gasteiger partial charge in [0.05, 0.1) is 6.20 Å². The Morgan fingerprint density at radius 3 is 2.54 bits per heavy atom. The molecule has 1 heterocycles. The Labute approximate surface area is 73.8 Å². The fourth-order valence-corrected chi connectivity index (χ4v) is 0.814. The molecule has 0 N–H and O–H groups in total. The number of rotatable bonds is 3. The minimum absolute atomic E-state index is 0.0378. The molecular weight excluding hydrogens is 172 g/mol. The average Bonchev–Trinajstić information content (AvgIpc) is 2.16. The lowest BCUT2D eigenvalue weighted by Gasteiger charge is -1.97. The molecular formula is C8H6N2O3. The van der Waals surface area contributed by atoms with E-state index in [0.29, 0.717) is 12.6 Å². The molecule has 0 saturated heterocycles. The molecule has 0 fully saturated rings. The number of aldehydes is 2. The van der Waals surface area contributed by atoms with Crippen LogP contribution in [0.5, 0.6) is 0 Å². The van der Waals surface area contributed by atoms with Crippen molar-refractivity contribution < 1.29 is 14.4 Å². The summed E-state index contributed by atoms with van der Waals surface area (Å²) in [6.07, 6.45) is 2.04. The van der Waals surface area contributed by atoms with Crippen molar-refractivity contribution in [3.63, 3.8) is 0 Å². The van der Waals surface area contributed by atoms with Crippen molar-refractivity contribution in [3.8, 4) is 0 Å². The zero-order valence-electron chi connectivity index (χ0n) is 6.85. The first-order valence-electron chi connectivity index (χ1n) is 3.47. The highest BCUT2D eigenvalue weighted by Gasteiger charge is 2.10. The first kappa shape index (κ1) is 9.18. The van der Waals surface area contributed by atoms with E-state index in [4.69, 9.17) is 0 Å². The summed E-state index contributed by atoms with van der Waals surface area (Å²) in [5.74, 6) is -0.390. The molecule has 5 nitrogen and oxygen atoms in total. The van der Waals surface area contributed by atoms with Crippen LogP contribution in [-0.4, -0.2) is 28.3 Å². The number of Topliss-reactive ketones (excluding diaryl/α,β-unsaturated/α-hetero) is 1. The Balaban J connectivity index is 3.33. The largest absolute Gasteiger partial charge is 0.296 e. The Kier molecular flexibility index (Phi) is 2.59. The average molecular weight is 178 g/mol. The summed E-state index contributed by atoms with van der Waals surface area (Å²) in [7, 11) is 0. The predicted molar refractivity (Wildman–Crippen MR) is 42.8 cm³/mol. The number of hydrogen-bond donors (Lipinski definition) is 0. The van der Waals surface area contributed by atoms with Gasteiger partial charge in [-0.1, -0.05) is 0 Å². The molecule has 0 spiro atoms. The van der Waals surface area contributed by atoms with E-state index in [9.17, 15) is 14.4 Å². The van der Waals surface area contributed by atoms with Crippen LogP contribution < -0.4 is 0 Å². The highest BCUT2D eigenvalue weighted by atomic mass is 16.1. The molecule has 0 aliphatic carbocycles. The van der Waals surface area contributed by atoms with Crippen molar-refractivity contribution in [2.75, 3.05) is 0 Å². The van der Waals surface area contributed by atoms with Crippen LogP contribution in [0.2, 0.25) is 0 Å². The fraction of sp³-hybridized carbons (Fsp3) is 0.125. The van der Waals surface area contributed by atoms with Crippen LogP contribution in [0.15, 0.2) is 6.20 Å². The molecule has 0 aliphatic rings. The zero-order chi connectivity index (χ0) is 9.84. The van der Waals surface area contributed by atoms with Crippen LogP contribution in [-0.2, 0) is 0 Å². The molecule has 13 heavy (non-hydrogen) atoms. The minimum atomic E-state index is -0.390. The van der Waals surface area contributed by atoms with Crippen molar-refractivity contribution in [2.24, 2.45) is 0 Å². The molecule has 0 amide bonds. The lowest BCUT2D eigenvalue weighted by molar-refractivity contribution is 0.0998. The highest BCUT2D eigenvalue weighted by molar-refractivity contribution is 5.99. The van der Waals surface area contributed by atoms with Crippen LogP contribution in [0.4, 0.5) is 0 Å². The molecule has 66 valence electrons. The molecule has 1 aromatic rings. The van der Waals surface area contributed by atoms with Crippen molar-refractivity contribution in [2.45, 2.75) is 6.92 Å². The Bertz CT molecular complexity index is 374. The Morgan fingerprint density at radius 1 is 1.38 bits per heavy atom. The molecule has 0 atom stereocenters. The number of ketones is 1. The number of carbonyl (C=O) groups excluding carboxylic acids is 3. The van der Waals surface area contributed by atoms with Gasteiger partial charge in [0.2, 0.25) is 0 Å². The van der Waals surface area contributed by atoms with E-state index in [0.717, 1.165) is 6.20 Å². The van der Waals surface area contributed by atoms with Crippen molar-refractivity contribution in [3.05, 3.63) is 23.3 Å². The number of carbonyl (C=O) groups is 3. The van der Waals surface area contributed by atoms with Crippen LogP contribution in [0.25, 0.3) is 0 Å². The topological polar surface area (TPSA) is 77.0 Å². The van der Waals surface area contributed by atoms with Gasteiger partial charge in [0.1, 0.15) is 17.1 Å². The Hall–Kier alpha value is -1.91. The summed E-state index contributed by atoms with van der Waals surface area (Å²) in [5.41, 5.74) is -0.0755. The highest BCUT2D eigenvalue weighted by Crippen LogP contribution is 2.01. The number of aromatic nitrogens is 2. The summed E-state index contributed by atoms with van der Waals surface area (Å²) < 4.78 is 0. The summed E-state index contributed by atoms with van der Waals surface area (Å²) in [6.45, 7) is 1.26. The maximum atomic E-state index is 10.9. The van der Waals surface area contributed by atoms with Gasteiger partial charge in [-0.2, -0.15) is 0 Å². The molecule has 0 bridgehead atoms. The monoisotopic (exact) mass is 178 g/mol. The van der Waals surface area contributed by atoms with Gasteiger partial charge in [-0.25, -0.2) is 9.97 Å². The normalized spacial score (nSPS) is 9.31. The van der Waals surface area contributed by atoms with Gasteiger partial charge >= 0.3 is 0 Å². The smallest absolute Gasteiger partial charge is 0.180 e. The van der Waals surface area contributed by atoms with E-state index in [2.05, 4.69) is 9.97 Å². The predicted octanol–water partition coefficient (Wildman–Crippen LogP) is 0.304. The van der Waals surface area contributed by atoms with E-state index in [1.54, 1.807) is 0 Å². The van der Waals surface area contributed by atoms with E-state index in [-0.39, 0.29) is 17.1 Å². The van der Waals surface area contributed by atoms with Crippen molar-refractivity contribution in [1.29, 1.82) is 0 Å². The lowest BCUT2D eigenvalue weighted by Crippen LogP contribution is -2.07. The summed E-state index contributed by atoms with van der Waals surface area (Å²) in [6, 6.07) is 0. The first-order chi connectivity index (χ1) is 6.19. The first-order valence-corrected chi connectivity index (χ1v) is 3.47. The fourth-order valence-electron chi connectivity index (χ4n) is 0.814. The van der Waals surface area contributed by atoms with Crippen LogP contribution >= 0.6 is 0 Å². The van der Waals surface area contributed by atoms with E-state index in [1.165, 1.54) is 6.92 Å².